The molecule has 1 N–H and O–H groups in total. The van der Waals surface area contributed by atoms with Gasteiger partial charge in [0, 0.05) is 24.5 Å². The number of aliphatic hydroxyl groups excluding tert-OH is 1. The van der Waals surface area contributed by atoms with Crippen LogP contribution in [0, 0.1) is 11.8 Å². The minimum absolute atomic E-state index is 0.0904. The molecule has 2 amide bonds. The molecular weight excluding hydrogens is 546 g/mol. The number of hydrogen-bond acceptors (Lipinski definition) is 8. The molecule has 4 heterocycles. The fraction of sp³-hybridized carbons (Fsp3) is 0.560. The molecular formula is C25H30BrN5O6. The van der Waals surface area contributed by atoms with E-state index in [0.29, 0.717) is 18.4 Å². The van der Waals surface area contributed by atoms with Gasteiger partial charge in [0.25, 0.3) is 0 Å². The summed E-state index contributed by atoms with van der Waals surface area (Å²) in [6, 6.07) is 6.46. The lowest BCUT2D eigenvalue weighted by atomic mass is 9.70. The van der Waals surface area contributed by atoms with Crippen molar-refractivity contribution in [1.82, 2.24) is 24.8 Å². The van der Waals surface area contributed by atoms with E-state index in [1.807, 2.05) is 24.3 Å². The SMILES string of the molecule is C=CCN(Cn1nnc2ccccc21)C(=O)C1N(CCCO)C(=O)[C@@H]2[C@H](C(=O)OCC)[C@H]3OC12CC3Br. The topological polar surface area (TPSA) is 127 Å². The summed E-state index contributed by atoms with van der Waals surface area (Å²) in [7, 11) is 0. The molecule has 12 heteroatoms. The summed E-state index contributed by atoms with van der Waals surface area (Å²) in [5.74, 6) is -2.80. The molecule has 1 aromatic heterocycles. The van der Waals surface area contributed by atoms with E-state index < -0.39 is 35.6 Å². The van der Waals surface area contributed by atoms with Crippen LogP contribution in [0.15, 0.2) is 36.9 Å². The predicted molar refractivity (Wildman–Crippen MR) is 135 cm³/mol. The number of likely N-dealkylation sites (tertiary alicyclic amines) is 1. The highest BCUT2D eigenvalue weighted by Crippen LogP contribution is 2.60. The van der Waals surface area contributed by atoms with E-state index in [1.165, 1.54) is 4.90 Å². The number of ether oxygens (including phenoxy) is 2. The molecule has 3 aliphatic rings. The Labute approximate surface area is 222 Å². The van der Waals surface area contributed by atoms with Gasteiger partial charge < -0.3 is 24.4 Å². The number of carbonyl (C=O) groups is 3. The first-order valence-electron chi connectivity index (χ1n) is 12.5. The molecule has 6 atom stereocenters. The fourth-order valence-electron chi connectivity index (χ4n) is 6.13. The van der Waals surface area contributed by atoms with Crippen LogP contribution in [0.1, 0.15) is 19.8 Å². The minimum Gasteiger partial charge on any atom is -0.466 e. The molecule has 37 heavy (non-hydrogen) atoms. The maximum atomic E-state index is 14.3. The number of para-hydroxylation sites is 1. The van der Waals surface area contributed by atoms with E-state index in [0.717, 1.165) is 5.52 Å². The summed E-state index contributed by atoms with van der Waals surface area (Å²) in [6.07, 6.45) is 1.72. The van der Waals surface area contributed by atoms with Gasteiger partial charge in [-0.25, -0.2) is 4.68 Å². The number of benzene rings is 1. The van der Waals surface area contributed by atoms with Gasteiger partial charge in [-0.1, -0.05) is 39.4 Å². The Morgan fingerprint density at radius 1 is 1.41 bits per heavy atom. The number of aromatic nitrogens is 3. The van der Waals surface area contributed by atoms with Crippen molar-refractivity contribution >= 4 is 44.7 Å². The van der Waals surface area contributed by atoms with Crippen molar-refractivity contribution in [3.05, 3.63) is 36.9 Å². The van der Waals surface area contributed by atoms with Crippen LogP contribution < -0.4 is 0 Å². The Bertz CT molecular complexity index is 1220. The Balaban J connectivity index is 1.53. The third kappa shape index (κ3) is 4.05. The number of alkyl halides is 1. The summed E-state index contributed by atoms with van der Waals surface area (Å²) in [5, 5.41) is 17.9. The van der Waals surface area contributed by atoms with Gasteiger partial charge in [-0.05, 0) is 31.9 Å². The monoisotopic (exact) mass is 575 g/mol. The zero-order valence-corrected chi connectivity index (χ0v) is 22.1. The molecule has 2 bridgehead atoms. The first-order valence-corrected chi connectivity index (χ1v) is 13.4. The summed E-state index contributed by atoms with van der Waals surface area (Å²) < 4.78 is 13.4. The van der Waals surface area contributed by atoms with Crippen LogP contribution in [0.4, 0.5) is 0 Å². The van der Waals surface area contributed by atoms with Crippen LogP contribution in [0.25, 0.3) is 11.0 Å². The molecule has 0 aliphatic carbocycles. The van der Waals surface area contributed by atoms with E-state index in [-0.39, 0.29) is 49.6 Å². The number of carbonyl (C=O) groups excluding carboxylic acids is 3. The lowest BCUT2D eigenvalue weighted by Gasteiger charge is -2.37. The molecule has 3 unspecified atom stereocenters. The highest BCUT2D eigenvalue weighted by molar-refractivity contribution is 9.09. The fourth-order valence-corrected chi connectivity index (χ4v) is 7.07. The summed E-state index contributed by atoms with van der Waals surface area (Å²) in [6.45, 7) is 6.02. The van der Waals surface area contributed by atoms with Crippen molar-refractivity contribution in [3.8, 4) is 0 Å². The molecule has 0 saturated carbocycles. The Hall–Kier alpha value is -2.83. The molecule has 3 aliphatic heterocycles. The van der Waals surface area contributed by atoms with Crippen molar-refractivity contribution in [2.24, 2.45) is 11.8 Å². The normalized spacial score (nSPS) is 30.1. The third-order valence-electron chi connectivity index (χ3n) is 7.53. The lowest BCUT2D eigenvalue weighted by Crippen LogP contribution is -2.57. The number of hydrogen-bond donors (Lipinski definition) is 1. The van der Waals surface area contributed by atoms with Gasteiger partial charge in [0.1, 0.15) is 23.8 Å². The van der Waals surface area contributed by atoms with Crippen molar-refractivity contribution in [1.29, 1.82) is 0 Å². The van der Waals surface area contributed by atoms with E-state index in [1.54, 1.807) is 22.6 Å². The first-order chi connectivity index (χ1) is 17.9. The molecule has 1 aromatic carbocycles. The van der Waals surface area contributed by atoms with E-state index in [4.69, 9.17) is 9.47 Å². The van der Waals surface area contributed by atoms with Gasteiger partial charge in [-0.15, -0.1) is 11.7 Å². The second-order valence-corrected chi connectivity index (χ2v) is 10.8. The van der Waals surface area contributed by atoms with Crippen molar-refractivity contribution < 1.29 is 29.0 Å². The largest absolute Gasteiger partial charge is 0.466 e. The highest BCUT2D eigenvalue weighted by atomic mass is 79.9. The quantitative estimate of drug-likeness (QED) is 0.253. The van der Waals surface area contributed by atoms with Gasteiger partial charge in [0.15, 0.2) is 0 Å². The lowest BCUT2D eigenvalue weighted by molar-refractivity contribution is -0.155. The molecule has 0 radical (unpaired) electrons. The Morgan fingerprint density at radius 3 is 2.92 bits per heavy atom. The summed E-state index contributed by atoms with van der Waals surface area (Å²) in [4.78, 5) is 43.9. The molecule has 5 rings (SSSR count). The van der Waals surface area contributed by atoms with E-state index in [2.05, 4.69) is 32.8 Å². The summed E-state index contributed by atoms with van der Waals surface area (Å²) >= 11 is 3.63. The molecule has 3 fully saturated rings. The number of fused-ring (bicyclic) bond motifs is 2. The highest BCUT2D eigenvalue weighted by Gasteiger charge is 2.77. The smallest absolute Gasteiger partial charge is 0.312 e. The van der Waals surface area contributed by atoms with Gasteiger partial charge in [0.05, 0.1) is 30.1 Å². The molecule has 2 aromatic rings. The zero-order chi connectivity index (χ0) is 26.3. The molecule has 198 valence electrons. The number of amides is 2. The average Bonchev–Trinajstić information content (AvgIpc) is 3.60. The predicted octanol–water partition coefficient (Wildman–Crippen LogP) is 1.10. The van der Waals surface area contributed by atoms with Crippen molar-refractivity contribution in [2.75, 3.05) is 26.3 Å². The Kier molecular flexibility index (Phi) is 7.08. The minimum atomic E-state index is -1.19. The number of nitrogens with zero attached hydrogens (tertiary/aromatic N) is 5. The Morgan fingerprint density at radius 2 is 2.19 bits per heavy atom. The van der Waals surface area contributed by atoms with Gasteiger partial charge >= 0.3 is 5.97 Å². The second kappa shape index (κ2) is 10.1. The number of halogens is 1. The number of rotatable bonds is 10. The van der Waals surface area contributed by atoms with Crippen LogP contribution in [-0.2, 0) is 30.5 Å². The van der Waals surface area contributed by atoms with Crippen LogP contribution in [0.2, 0.25) is 0 Å². The van der Waals surface area contributed by atoms with Gasteiger partial charge in [-0.2, -0.15) is 0 Å². The van der Waals surface area contributed by atoms with Gasteiger partial charge in [-0.3, -0.25) is 14.4 Å². The summed E-state index contributed by atoms with van der Waals surface area (Å²) in [5.41, 5.74) is 0.273. The molecule has 1 spiro atoms. The first kappa shape index (κ1) is 25.8. The van der Waals surface area contributed by atoms with Crippen LogP contribution in [0.5, 0.6) is 0 Å². The standard InChI is InChI=1S/C25H30BrN5O6/c1-3-10-29(14-31-17-9-6-5-8-16(17)27-28-31)23(34)21-25-13-15(26)20(37-25)18(24(35)36-4-2)19(25)22(33)30(21)11-7-12-32/h3,5-6,8-9,15,18-21,32H,1,4,7,10-14H2,2H3/t15?,18-,19-,20-,21?,25?/m0/s1. The van der Waals surface area contributed by atoms with Crippen LogP contribution in [0.3, 0.4) is 0 Å². The molecule has 3 saturated heterocycles. The van der Waals surface area contributed by atoms with Crippen LogP contribution >= 0.6 is 15.9 Å². The van der Waals surface area contributed by atoms with Crippen LogP contribution in [-0.4, -0.2) is 96.6 Å². The number of aliphatic hydroxyl groups is 1. The zero-order valence-electron chi connectivity index (χ0n) is 20.5. The number of esters is 1. The maximum absolute atomic E-state index is 14.3. The van der Waals surface area contributed by atoms with Crippen molar-refractivity contribution in [2.45, 2.75) is 49.0 Å². The van der Waals surface area contributed by atoms with E-state index in [9.17, 15) is 19.5 Å². The third-order valence-corrected chi connectivity index (χ3v) is 8.37. The maximum Gasteiger partial charge on any atom is 0.312 e. The van der Waals surface area contributed by atoms with E-state index >= 15 is 0 Å². The molecule has 11 nitrogen and oxygen atoms in total. The van der Waals surface area contributed by atoms with Gasteiger partial charge in [0.2, 0.25) is 11.8 Å². The average molecular weight is 576 g/mol. The second-order valence-electron chi connectivity index (χ2n) is 9.59. The van der Waals surface area contributed by atoms with Crippen molar-refractivity contribution in [3.63, 3.8) is 0 Å².